The van der Waals surface area contributed by atoms with Gasteiger partial charge in [-0.3, -0.25) is 0 Å². The largest absolute Gasteiger partial charge is 0.392 e. The molecule has 0 unspecified atom stereocenters. The second kappa shape index (κ2) is 48.9. The third-order valence-corrected chi connectivity index (χ3v) is 8.85. The molecule has 0 saturated heterocycles. The van der Waals surface area contributed by atoms with Crippen LogP contribution < -0.4 is 22.9 Å². The number of rotatable bonds is 12. The van der Waals surface area contributed by atoms with Gasteiger partial charge in [-0.1, -0.05) is 152 Å². The number of aliphatic hydroxyl groups excluding tert-OH is 1. The van der Waals surface area contributed by atoms with Crippen LogP contribution in [0.4, 0.5) is 0 Å². The maximum atomic E-state index is 8.70. The summed E-state index contributed by atoms with van der Waals surface area (Å²) < 4.78 is 0. The lowest BCUT2D eigenvalue weighted by Crippen LogP contribution is -1.95. The zero-order valence-corrected chi connectivity index (χ0v) is 39.3. The van der Waals surface area contributed by atoms with Crippen molar-refractivity contribution in [2.75, 3.05) is 24.6 Å². The first-order chi connectivity index (χ1) is 27.1. The topological polar surface area (TPSA) is 124 Å². The van der Waals surface area contributed by atoms with Gasteiger partial charge in [0.1, 0.15) is 0 Å². The average molecular weight is 829 g/mol. The molecule has 0 aliphatic carbocycles. The molecule has 0 aliphatic rings. The number of hydrogen-bond donors (Lipinski definition) is 8. The normalized spacial score (nSPS) is 9.14. The van der Waals surface area contributed by atoms with Gasteiger partial charge in [0.25, 0.3) is 0 Å². The lowest BCUT2D eigenvalue weighted by molar-refractivity contribution is 0.282. The van der Waals surface area contributed by atoms with Crippen LogP contribution in [-0.4, -0.2) is 29.7 Å². The van der Waals surface area contributed by atoms with E-state index >= 15 is 0 Å². The van der Waals surface area contributed by atoms with Gasteiger partial charge in [-0.15, -0.1) is 0 Å². The highest BCUT2D eigenvalue weighted by atomic mass is 32.1. The van der Waals surface area contributed by atoms with E-state index in [0.29, 0.717) is 13.1 Å². The number of hydrogen-bond acceptors (Lipinski definition) is 8. The Bertz CT molecular complexity index is 982. The third kappa shape index (κ3) is 39.9. The molecule has 0 heterocycles. The molecule has 0 aromatic heterocycles. The van der Waals surface area contributed by atoms with Gasteiger partial charge in [-0.05, 0) is 120 Å². The van der Waals surface area contributed by atoms with Crippen molar-refractivity contribution in [1.82, 2.24) is 0 Å². The van der Waals surface area contributed by atoms with Crippen LogP contribution >= 0.6 is 37.9 Å². The zero-order valence-electron chi connectivity index (χ0n) is 36.6. The molecule has 8 heteroatoms. The van der Waals surface area contributed by atoms with Crippen molar-refractivity contribution >= 4 is 37.9 Å². The molecule has 0 spiro atoms. The Morgan fingerprint density at radius 3 is 0.696 bits per heavy atom. The fraction of sp³-hybridized carbons (Fsp3) is 0.500. The highest BCUT2D eigenvalue weighted by Crippen LogP contribution is 2.07. The summed E-state index contributed by atoms with van der Waals surface area (Å²) in [6.45, 7) is 20.0. The molecular formula is C48H84N4OS3. The molecule has 0 amide bonds. The standard InChI is InChI=1S/2C9H13N.C9H12O.C9H12S.2C3H9N.2C3H8S/c4*1-2-8-3-5-9(7-10)6-4-8;4*1-2-3-4/h2*3-6H,2,7,10H2,1H3;2*3-6,10H,2,7H2,1H3;2*2-4H2,1H3;2*4H,2-3H2,1H3. The lowest BCUT2D eigenvalue weighted by Gasteiger charge is -1.97. The Kier molecular flexibility index (Phi) is 52.7. The molecule has 4 aromatic rings. The second-order valence-electron chi connectivity index (χ2n) is 12.4. The van der Waals surface area contributed by atoms with Gasteiger partial charge < -0.3 is 28.0 Å². The fourth-order valence-corrected chi connectivity index (χ4v) is 3.79. The summed E-state index contributed by atoms with van der Waals surface area (Å²) in [5, 5.41) is 8.70. The van der Waals surface area contributed by atoms with Crippen molar-refractivity contribution in [3.05, 3.63) is 142 Å². The van der Waals surface area contributed by atoms with Crippen LogP contribution in [0.25, 0.3) is 0 Å². The minimum Gasteiger partial charge on any atom is -0.392 e. The van der Waals surface area contributed by atoms with Crippen molar-refractivity contribution in [2.45, 2.75) is 132 Å². The summed E-state index contributed by atoms with van der Waals surface area (Å²) in [4.78, 5) is 0. The Labute approximate surface area is 362 Å². The molecule has 0 aliphatic heterocycles. The molecule has 4 aromatic carbocycles. The van der Waals surface area contributed by atoms with E-state index in [1.54, 1.807) is 0 Å². The van der Waals surface area contributed by atoms with Gasteiger partial charge in [0.2, 0.25) is 0 Å². The number of aliphatic hydroxyl groups is 1. The minimum atomic E-state index is 0.143. The maximum Gasteiger partial charge on any atom is 0.0681 e. The highest BCUT2D eigenvalue weighted by Gasteiger charge is 1.91. The summed E-state index contributed by atoms with van der Waals surface area (Å²) in [6.07, 6.45) is 8.94. The van der Waals surface area contributed by atoms with Gasteiger partial charge in [-0.25, -0.2) is 0 Å². The van der Waals surface area contributed by atoms with Crippen molar-refractivity contribution in [1.29, 1.82) is 0 Å². The van der Waals surface area contributed by atoms with Gasteiger partial charge in [0.05, 0.1) is 6.61 Å². The Morgan fingerprint density at radius 1 is 0.357 bits per heavy atom. The van der Waals surface area contributed by atoms with Crippen molar-refractivity contribution in [2.24, 2.45) is 22.9 Å². The number of thiol groups is 3. The van der Waals surface area contributed by atoms with Crippen LogP contribution in [0.5, 0.6) is 0 Å². The van der Waals surface area contributed by atoms with Crippen LogP contribution in [0.15, 0.2) is 97.1 Å². The molecule has 56 heavy (non-hydrogen) atoms. The summed E-state index contributed by atoms with van der Waals surface area (Å²) >= 11 is 12.0. The summed E-state index contributed by atoms with van der Waals surface area (Å²) in [5.74, 6) is 2.87. The Morgan fingerprint density at radius 2 is 0.554 bits per heavy atom. The molecule has 0 bridgehead atoms. The molecule has 0 atom stereocenters. The predicted molar refractivity (Wildman–Crippen MR) is 265 cm³/mol. The van der Waals surface area contributed by atoms with Crippen molar-refractivity contribution in [3.8, 4) is 0 Å². The van der Waals surface area contributed by atoms with Crippen LogP contribution in [0.1, 0.15) is 126 Å². The summed E-state index contributed by atoms with van der Waals surface area (Å²) in [5.41, 5.74) is 31.1. The molecule has 0 fully saturated rings. The quantitative estimate of drug-likeness (QED) is 0.0676. The van der Waals surface area contributed by atoms with E-state index < -0.39 is 0 Å². The zero-order chi connectivity index (χ0) is 43.2. The highest BCUT2D eigenvalue weighted by molar-refractivity contribution is 7.80. The van der Waals surface area contributed by atoms with Gasteiger partial charge in [0, 0.05) is 18.8 Å². The van der Waals surface area contributed by atoms with Crippen molar-refractivity contribution in [3.63, 3.8) is 0 Å². The van der Waals surface area contributed by atoms with Crippen LogP contribution in [-0.2, 0) is 51.1 Å². The van der Waals surface area contributed by atoms with E-state index in [2.05, 4.69) is 166 Å². The molecule has 4 rings (SSSR count). The molecule has 0 radical (unpaired) electrons. The third-order valence-electron chi connectivity index (χ3n) is 7.59. The number of benzene rings is 4. The monoisotopic (exact) mass is 829 g/mol. The van der Waals surface area contributed by atoms with E-state index in [4.69, 9.17) is 28.0 Å². The average Bonchev–Trinajstić information content (AvgIpc) is 3.29. The second-order valence-corrected chi connectivity index (χ2v) is 13.6. The van der Waals surface area contributed by atoms with E-state index in [1.165, 1.54) is 51.8 Å². The smallest absolute Gasteiger partial charge is 0.0681 e. The van der Waals surface area contributed by atoms with Gasteiger partial charge >= 0.3 is 0 Å². The molecule has 9 N–H and O–H groups in total. The lowest BCUT2D eigenvalue weighted by atomic mass is 10.1. The van der Waals surface area contributed by atoms with Crippen LogP contribution in [0.2, 0.25) is 0 Å². The fourth-order valence-electron chi connectivity index (χ4n) is 3.58. The molecular weight excluding hydrogens is 745 g/mol. The molecule has 5 nitrogen and oxygen atoms in total. The molecule has 320 valence electrons. The van der Waals surface area contributed by atoms with E-state index in [1.807, 2.05) is 24.3 Å². The first-order valence-electron chi connectivity index (χ1n) is 20.7. The molecule has 0 saturated carbocycles. The Hall–Kier alpha value is -2.27. The van der Waals surface area contributed by atoms with Crippen molar-refractivity contribution < 1.29 is 5.11 Å². The van der Waals surface area contributed by atoms with E-state index in [0.717, 1.165) is 74.4 Å². The maximum absolute atomic E-state index is 8.70. The minimum absolute atomic E-state index is 0.143. The van der Waals surface area contributed by atoms with E-state index in [-0.39, 0.29) is 6.61 Å². The SMILES string of the molecule is CCCN.CCCN.CCCS.CCCS.CCc1ccc(CN)cc1.CCc1ccc(CN)cc1.CCc1ccc(CO)cc1.CCc1ccc(CS)cc1. The van der Waals surface area contributed by atoms with E-state index in [9.17, 15) is 0 Å². The van der Waals surface area contributed by atoms with Gasteiger partial charge in [-0.2, -0.15) is 37.9 Å². The van der Waals surface area contributed by atoms with Crippen LogP contribution in [0.3, 0.4) is 0 Å². The first-order valence-corrected chi connectivity index (χ1v) is 22.6. The van der Waals surface area contributed by atoms with Crippen LogP contribution in [0, 0.1) is 0 Å². The number of nitrogens with two attached hydrogens (primary N) is 4. The summed E-state index contributed by atoms with van der Waals surface area (Å²) in [6, 6.07) is 33.4. The first kappa shape index (κ1) is 60.4. The summed E-state index contributed by atoms with van der Waals surface area (Å²) in [7, 11) is 0. The predicted octanol–water partition coefficient (Wildman–Crippen LogP) is 11.2. The number of aryl methyl sites for hydroxylation is 4. The Balaban J connectivity index is -0.000000286. The van der Waals surface area contributed by atoms with Gasteiger partial charge in [0.15, 0.2) is 0 Å².